The molecule has 7 heavy (non-hydrogen) atoms. The van der Waals surface area contributed by atoms with Crippen molar-refractivity contribution < 1.29 is 0 Å². The Hall–Kier alpha value is -1.01. The lowest BCUT2D eigenvalue weighted by Gasteiger charge is -2.06. The summed E-state index contributed by atoms with van der Waals surface area (Å²) < 4.78 is 0. The molecule has 0 aliphatic carbocycles. The molecule has 8 N–H and O–H groups in total. The van der Waals surface area contributed by atoms with Crippen molar-refractivity contribution in [2.24, 2.45) is 28.4 Å². The van der Waals surface area contributed by atoms with Crippen LogP contribution in [0.2, 0.25) is 0 Å². The molecule has 0 bridgehead atoms. The fourth-order valence-corrected chi connectivity index (χ4v) is 0.0667. The molecule has 0 heterocycles. The van der Waals surface area contributed by atoms with Gasteiger partial charge in [0.25, 0.3) is 0 Å². The van der Waals surface area contributed by atoms with Gasteiger partial charge in [-0.05, 0) is 0 Å². The standard InChI is InChI=1S/CH8N6/c2-1(6-3)7(4)5/h3-5H2,(H2,2,6). The second kappa shape index (κ2) is 2.21. The molecule has 0 amide bonds. The highest BCUT2D eigenvalue weighted by molar-refractivity contribution is 5.76. The maximum absolute atomic E-state index is 4.92. The average Bonchev–Trinajstić information content (AvgIpc) is 1.65. The van der Waals surface area contributed by atoms with Gasteiger partial charge in [0.2, 0.25) is 5.96 Å². The van der Waals surface area contributed by atoms with Crippen LogP contribution in [0.5, 0.6) is 0 Å². The van der Waals surface area contributed by atoms with Crippen LogP contribution in [0.1, 0.15) is 0 Å². The van der Waals surface area contributed by atoms with Crippen LogP contribution in [-0.2, 0) is 0 Å². The number of hydrogen-bond donors (Lipinski definition) is 4. The number of hydrazine groups is 2. The molecule has 0 aromatic rings. The second-order valence-corrected chi connectivity index (χ2v) is 0.895. The third kappa shape index (κ3) is 1.79. The first-order valence-corrected chi connectivity index (χ1v) is 1.51. The summed E-state index contributed by atoms with van der Waals surface area (Å²) in [5, 5.41) is 3.58. The van der Waals surface area contributed by atoms with Crippen LogP contribution in [0.25, 0.3) is 0 Å². The summed E-state index contributed by atoms with van der Waals surface area (Å²) in [6, 6.07) is 0. The molecule has 6 heteroatoms. The van der Waals surface area contributed by atoms with Gasteiger partial charge in [0.1, 0.15) is 0 Å². The molecule has 0 radical (unpaired) electrons. The maximum atomic E-state index is 4.92. The van der Waals surface area contributed by atoms with Crippen molar-refractivity contribution in [3.8, 4) is 0 Å². The van der Waals surface area contributed by atoms with Gasteiger partial charge in [0.05, 0.1) is 0 Å². The van der Waals surface area contributed by atoms with E-state index in [4.69, 9.17) is 17.4 Å². The molecular weight excluding hydrogens is 96.1 g/mol. The van der Waals surface area contributed by atoms with Crippen molar-refractivity contribution in [2.75, 3.05) is 0 Å². The topological polar surface area (TPSA) is 120 Å². The highest BCUT2D eigenvalue weighted by atomic mass is 15.6. The van der Waals surface area contributed by atoms with Crippen LogP contribution < -0.4 is 23.3 Å². The van der Waals surface area contributed by atoms with Crippen molar-refractivity contribution in [1.82, 2.24) is 5.12 Å². The molecule has 0 saturated heterocycles. The van der Waals surface area contributed by atoms with Gasteiger partial charge in [-0.1, -0.05) is 0 Å². The molecule has 0 fully saturated rings. The number of hydrazone groups is 1. The Balaban J connectivity index is 3.56. The number of rotatable bonds is 0. The first kappa shape index (κ1) is 5.99. The number of nitrogens with zero attached hydrogens (tertiary/aromatic N) is 2. The number of nitrogens with two attached hydrogens (primary N) is 4. The minimum Gasteiger partial charge on any atom is -0.366 e. The van der Waals surface area contributed by atoms with Gasteiger partial charge in [-0.25, -0.2) is 16.8 Å². The predicted octanol–water partition coefficient (Wildman–Crippen LogP) is -2.78. The Kier molecular flexibility index (Phi) is 1.89. The van der Waals surface area contributed by atoms with Crippen molar-refractivity contribution in [2.45, 2.75) is 0 Å². The predicted molar refractivity (Wildman–Crippen MR) is 26.0 cm³/mol. The summed E-state index contributed by atoms with van der Waals surface area (Å²) >= 11 is 0. The molecule has 0 aromatic heterocycles. The quantitative estimate of drug-likeness (QED) is 0.115. The Labute approximate surface area is 40.7 Å². The molecule has 0 aromatic carbocycles. The summed E-state index contributed by atoms with van der Waals surface area (Å²) in [5.41, 5.74) is 4.92. The van der Waals surface area contributed by atoms with Gasteiger partial charge in [-0.15, -0.1) is 5.10 Å². The van der Waals surface area contributed by atoms with Crippen LogP contribution in [-0.4, -0.2) is 11.1 Å². The molecule has 42 valence electrons. The lowest BCUT2D eigenvalue weighted by atomic mass is 11.0. The zero-order valence-corrected chi connectivity index (χ0v) is 3.70. The van der Waals surface area contributed by atoms with E-state index in [1.165, 1.54) is 0 Å². The summed E-state index contributed by atoms with van der Waals surface area (Å²) in [5.74, 6) is 14.2. The largest absolute Gasteiger partial charge is 0.366 e. The van der Waals surface area contributed by atoms with Crippen LogP contribution in [0, 0.1) is 0 Å². The Morgan fingerprint density at radius 2 is 1.86 bits per heavy atom. The van der Waals surface area contributed by atoms with Gasteiger partial charge in [0, 0.05) is 0 Å². The minimum absolute atomic E-state index is 0.111. The molecule has 0 aliphatic rings. The van der Waals surface area contributed by atoms with Gasteiger partial charge < -0.3 is 11.6 Å². The molecular formula is CH8N6. The van der Waals surface area contributed by atoms with Crippen LogP contribution >= 0.6 is 0 Å². The summed E-state index contributed by atoms with van der Waals surface area (Å²) in [6.07, 6.45) is 0. The van der Waals surface area contributed by atoms with E-state index >= 15 is 0 Å². The number of hydrogen-bond acceptors (Lipinski definition) is 4. The van der Waals surface area contributed by atoms with E-state index in [2.05, 4.69) is 10.9 Å². The first-order valence-electron chi connectivity index (χ1n) is 1.51. The Morgan fingerprint density at radius 1 is 1.43 bits per heavy atom. The van der Waals surface area contributed by atoms with E-state index in [-0.39, 0.29) is 5.96 Å². The highest BCUT2D eigenvalue weighted by Crippen LogP contribution is 1.55. The van der Waals surface area contributed by atoms with E-state index in [1.54, 1.807) is 0 Å². The third-order valence-electron chi connectivity index (χ3n) is 0.397. The zero-order valence-electron chi connectivity index (χ0n) is 3.70. The van der Waals surface area contributed by atoms with Crippen LogP contribution in [0.15, 0.2) is 5.10 Å². The van der Waals surface area contributed by atoms with E-state index in [1.807, 2.05) is 0 Å². The fourth-order valence-electron chi connectivity index (χ4n) is 0.0667. The minimum atomic E-state index is -0.111. The maximum Gasteiger partial charge on any atom is 0.242 e. The van der Waals surface area contributed by atoms with Crippen molar-refractivity contribution >= 4 is 5.96 Å². The zero-order chi connectivity index (χ0) is 5.86. The van der Waals surface area contributed by atoms with Gasteiger partial charge in [-0.2, -0.15) is 0 Å². The average molecular weight is 104 g/mol. The van der Waals surface area contributed by atoms with Gasteiger partial charge >= 0.3 is 0 Å². The monoisotopic (exact) mass is 104 g/mol. The number of guanidine groups is 1. The van der Waals surface area contributed by atoms with Crippen LogP contribution in [0.3, 0.4) is 0 Å². The van der Waals surface area contributed by atoms with Gasteiger partial charge in [0.15, 0.2) is 0 Å². The molecule has 0 unspecified atom stereocenters. The van der Waals surface area contributed by atoms with E-state index < -0.39 is 0 Å². The van der Waals surface area contributed by atoms with E-state index in [0.717, 1.165) is 0 Å². The summed E-state index contributed by atoms with van der Waals surface area (Å²) in [4.78, 5) is 0. The van der Waals surface area contributed by atoms with Crippen LogP contribution in [0.4, 0.5) is 0 Å². The van der Waals surface area contributed by atoms with Crippen molar-refractivity contribution in [3.05, 3.63) is 0 Å². The Bertz CT molecular complexity index is 72.2. The summed E-state index contributed by atoms with van der Waals surface area (Å²) in [7, 11) is 0. The molecule has 0 rings (SSSR count). The normalized spacial score (nSPS) is 11.4. The van der Waals surface area contributed by atoms with Gasteiger partial charge in [-0.3, -0.25) is 0 Å². The molecule has 0 atom stereocenters. The Morgan fingerprint density at radius 3 is 1.86 bits per heavy atom. The fraction of sp³-hybridized carbons (Fsp3) is 0. The molecule has 0 saturated carbocycles. The first-order chi connectivity index (χ1) is 3.18. The second-order valence-electron chi connectivity index (χ2n) is 0.895. The molecule has 0 aliphatic heterocycles. The van der Waals surface area contributed by atoms with Crippen molar-refractivity contribution in [3.63, 3.8) is 0 Å². The lowest BCUT2D eigenvalue weighted by Crippen LogP contribution is -2.48. The molecule has 0 spiro atoms. The smallest absolute Gasteiger partial charge is 0.242 e. The summed E-state index contributed by atoms with van der Waals surface area (Å²) in [6.45, 7) is 0. The SMILES string of the molecule is NN=C(N)N(N)N. The third-order valence-corrected chi connectivity index (χ3v) is 0.397. The van der Waals surface area contributed by atoms with Crippen molar-refractivity contribution in [1.29, 1.82) is 0 Å². The molecule has 6 nitrogen and oxygen atoms in total. The van der Waals surface area contributed by atoms with E-state index in [0.29, 0.717) is 5.12 Å². The highest BCUT2D eigenvalue weighted by Gasteiger charge is 1.88. The lowest BCUT2D eigenvalue weighted by molar-refractivity contribution is 0.457. The van der Waals surface area contributed by atoms with E-state index in [9.17, 15) is 0 Å².